The van der Waals surface area contributed by atoms with Gasteiger partial charge in [0.05, 0.1) is 4.92 Å². The maximum atomic E-state index is 10.8. The molecule has 0 radical (unpaired) electrons. The Morgan fingerprint density at radius 3 is 2.44 bits per heavy atom. The van der Waals surface area contributed by atoms with Crippen LogP contribution in [0.3, 0.4) is 0 Å². The van der Waals surface area contributed by atoms with Crippen molar-refractivity contribution in [2.24, 2.45) is 0 Å². The summed E-state index contributed by atoms with van der Waals surface area (Å²) in [6.07, 6.45) is 0. The normalized spacial score (nSPS) is 10.1. The second-order valence-electron chi connectivity index (χ2n) is 3.47. The summed E-state index contributed by atoms with van der Waals surface area (Å²) in [6.45, 7) is 0. The molecule has 92 valence electrons. The highest BCUT2D eigenvalue weighted by Crippen LogP contribution is 2.33. The van der Waals surface area contributed by atoms with Gasteiger partial charge >= 0.3 is 5.69 Å². The van der Waals surface area contributed by atoms with E-state index < -0.39 is 4.92 Å². The summed E-state index contributed by atoms with van der Waals surface area (Å²) in [5.74, 6) is 0.571. The van der Waals surface area contributed by atoms with Gasteiger partial charge in [-0.2, -0.15) is 0 Å². The molecule has 2 aromatic rings. The van der Waals surface area contributed by atoms with Gasteiger partial charge in [-0.25, -0.2) is 0 Å². The van der Waals surface area contributed by atoms with Gasteiger partial charge in [-0.15, -0.1) is 0 Å². The van der Waals surface area contributed by atoms with E-state index in [1.165, 1.54) is 42.5 Å². The van der Waals surface area contributed by atoms with Gasteiger partial charge in [-0.3, -0.25) is 10.1 Å². The second-order valence-corrected chi connectivity index (χ2v) is 3.90. The Bertz CT molecular complexity index is 583. The van der Waals surface area contributed by atoms with E-state index in [-0.39, 0.29) is 22.2 Å². The monoisotopic (exact) mass is 265 g/mol. The van der Waals surface area contributed by atoms with E-state index in [1.807, 2.05) is 0 Å². The van der Waals surface area contributed by atoms with Crippen LogP contribution in [0.15, 0.2) is 42.5 Å². The van der Waals surface area contributed by atoms with E-state index in [0.717, 1.165) is 0 Å². The average Bonchev–Trinajstić information content (AvgIpc) is 2.34. The Labute approximate surface area is 107 Å². The van der Waals surface area contributed by atoms with Crippen LogP contribution in [0.25, 0.3) is 0 Å². The number of nitrogens with zero attached hydrogens (tertiary/aromatic N) is 1. The van der Waals surface area contributed by atoms with Gasteiger partial charge in [0.15, 0.2) is 0 Å². The maximum Gasteiger partial charge on any atom is 0.313 e. The molecule has 0 unspecified atom stereocenters. The van der Waals surface area contributed by atoms with Crippen LogP contribution >= 0.6 is 11.6 Å². The number of ether oxygens (including phenoxy) is 1. The van der Waals surface area contributed by atoms with Crippen molar-refractivity contribution in [1.29, 1.82) is 0 Å². The summed E-state index contributed by atoms with van der Waals surface area (Å²) in [4.78, 5) is 10.3. The first-order valence-corrected chi connectivity index (χ1v) is 5.35. The number of phenolic OH excluding ortho intramolecular Hbond substituents is 1. The first-order chi connectivity index (χ1) is 8.56. The van der Waals surface area contributed by atoms with Crippen molar-refractivity contribution in [2.45, 2.75) is 0 Å². The summed E-state index contributed by atoms with van der Waals surface area (Å²) in [7, 11) is 0. The van der Waals surface area contributed by atoms with Crippen LogP contribution in [-0.4, -0.2) is 10.0 Å². The average molecular weight is 266 g/mol. The molecule has 1 N–H and O–H groups in total. The molecule has 0 bridgehead atoms. The number of hydrogen-bond acceptors (Lipinski definition) is 4. The van der Waals surface area contributed by atoms with Crippen molar-refractivity contribution in [2.75, 3.05) is 0 Å². The zero-order valence-electron chi connectivity index (χ0n) is 9.04. The Balaban J connectivity index is 2.34. The van der Waals surface area contributed by atoms with Crippen molar-refractivity contribution >= 4 is 17.3 Å². The number of rotatable bonds is 3. The molecule has 0 aliphatic heterocycles. The van der Waals surface area contributed by atoms with Crippen molar-refractivity contribution in [3.05, 3.63) is 57.6 Å². The number of halogens is 1. The van der Waals surface area contributed by atoms with Gasteiger partial charge in [0.25, 0.3) is 0 Å². The molecular formula is C12H8ClNO4. The fraction of sp³-hybridized carbons (Fsp3) is 0. The van der Waals surface area contributed by atoms with Crippen LogP contribution in [-0.2, 0) is 0 Å². The third-order valence-electron chi connectivity index (χ3n) is 2.18. The summed E-state index contributed by atoms with van der Waals surface area (Å²) in [5, 5.41) is 20.2. The highest BCUT2D eigenvalue weighted by Gasteiger charge is 2.16. The molecule has 5 nitrogen and oxygen atoms in total. The van der Waals surface area contributed by atoms with Crippen LogP contribution in [0.1, 0.15) is 0 Å². The maximum absolute atomic E-state index is 10.8. The van der Waals surface area contributed by atoms with Gasteiger partial charge in [0.2, 0.25) is 5.75 Å². The van der Waals surface area contributed by atoms with Crippen LogP contribution in [0.5, 0.6) is 17.2 Å². The Kier molecular flexibility index (Phi) is 3.34. The van der Waals surface area contributed by atoms with E-state index in [4.69, 9.17) is 21.4 Å². The predicted octanol–water partition coefficient (Wildman–Crippen LogP) is 3.75. The lowest BCUT2D eigenvalue weighted by atomic mass is 10.3. The van der Waals surface area contributed by atoms with E-state index >= 15 is 0 Å². The molecule has 0 spiro atoms. The molecule has 0 fully saturated rings. The molecule has 0 aromatic heterocycles. The zero-order valence-corrected chi connectivity index (χ0v) is 9.79. The number of benzene rings is 2. The van der Waals surface area contributed by atoms with E-state index in [9.17, 15) is 10.1 Å². The largest absolute Gasteiger partial charge is 0.508 e. The van der Waals surface area contributed by atoms with E-state index in [1.54, 1.807) is 0 Å². The molecule has 6 heteroatoms. The summed E-state index contributed by atoms with van der Waals surface area (Å²) >= 11 is 5.69. The summed E-state index contributed by atoms with van der Waals surface area (Å²) in [5.41, 5.74) is -0.212. The molecular weight excluding hydrogens is 258 g/mol. The van der Waals surface area contributed by atoms with E-state index in [2.05, 4.69) is 0 Å². The molecule has 0 heterocycles. The standard InChI is InChI=1S/C12H8ClNO4/c13-8-1-6-12(11(7-8)14(16)17)18-10-4-2-9(15)3-5-10/h1-7,15H. The second kappa shape index (κ2) is 4.93. The SMILES string of the molecule is O=[N+]([O-])c1cc(Cl)ccc1Oc1ccc(O)cc1. The molecule has 0 saturated heterocycles. The minimum Gasteiger partial charge on any atom is -0.508 e. The third kappa shape index (κ3) is 2.70. The van der Waals surface area contributed by atoms with Gasteiger partial charge in [0.1, 0.15) is 11.5 Å². The fourth-order valence-corrected chi connectivity index (χ4v) is 1.53. The minimum atomic E-state index is -0.568. The number of phenols is 1. The highest BCUT2D eigenvalue weighted by atomic mass is 35.5. The predicted molar refractivity (Wildman–Crippen MR) is 66.3 cm³/mol. The molecule has 0 aliphatic rings. The molecule has 18 heavy (non-hydrogen) atoms. The van der Waals surface area contributed by atoms with Crippen molar-refractivity contribution in [3.63, 3.8) is 0 Å². The lowest BCUT2D eigenvalue weighted by Gasteiger charge is -2.06. The van der Waals surface area contributed by atoms with Gasteiger partial charge in [0, 0.05) is 11.1 Å². The van der Waals surface area contributed by atoms with E-state index in [0.29, 0.717) is 5.75 Å². The third-order valence-corrected chi connectivity index (χ3v) is 2.42. The van der Waals surface area contributed by atoms with Crippen LogP contribution in [0.2, 0.25) is 5.02 Å². The first-order valence-electron chi connectivity index (χ1n) is 4.97. The molecule has 2 rings (SSSR count). The Hall–Kier alpha value is -2.27. The Morgan fingerprint density at radius 1 is 1.17 bits per heavy atom. The quantitative estimate of drug-likeness (QED) is 0.678. The first kappa shape index (κ1) is 12.2. The number of hydrogen-bond donors (Lipinski definition) is 1. The van der Waals surface area contributed by atoms with Gasteiger partial charge < -0.3 is 9.84 Å². The topological polar surface area (TPSA) is 72.6 Å². The molecule has 0 amide bonds. The summed E-state index contributed by atoms with van der Waals surface area (Å²) < 4.78 is 5.37. The van der Waals surface area contributed by atoms with Crippen LogP contribution in [0.4, 0.5) is 5.69 Å². The highest BCUT2D eigenvalue weighted by molar-refractivity contribution is 6.30. The van der Waals surface area contributed by atoms with Crippen molar-refractivity contribution in [1.82, 2.24) is 0 Å². The van der Waals surface area contributed by atoms with Crippen LogP contribution < -0.4 is 4.74 Å². The summed E-state index contributed by atoms with van der Waals surface area (Å²) in [6, 6.07) is 10.0. The molecule has 0 saturated carbocycles. The van der Waals surface area contributed by atoms with Crippen LogP contribution in [0, 0.1) is 10.1 Å². The molecule has 2 aromatic carbocycles. The number of aromatic hydroxyl groups is 1. The Morgan fingerprint density at radius 2 is 1.83 bits per heavy atom. The molecule has 0 atom stereocenters. The lowest BCUT2D eigenvalue weighted by molar-refractivity contribution is -0.385. The molecule has 0 aliphatic carbocycles. The lowest BCUT2D eigenvalue weighted by Crippen LogP contribution is -1.93. The smallest absolute Gasteiger partial charge is 0.313 e. The number of nitro benzene ring substituents is 1. The number of nitro groups is 1. The fourth-order valence-electron chi connectivity index (χ4n) is 1.36. The van der Waals surface area contributed by atoms with Crippen molar-refractivity contribution in [3.8, 4) is 17.2 Å². The van der Waals surface area contributed by atoms with Crippen molar-refractivity contribution < 1.29 is 14.8 Å². The van der Waals surface area contributed by atoms with Gasteiger partial charge in [-0.05, 0) is 36.4 Å². The minimum absolute atomic E-state index is 0.0907. The van der Waals surface area contributed by atoms with Gasteiger partial charge in [-0.1, -0.05) is 11.6 Å². The zero-order chi connectivity index (χ0) is 13.1.